The van der Waals surface area contributed by atoms with Crippen LogP contribution >= 0.6 is 11.3 Å². The maximum atomic E-state index is 5.87. The van der Waals surface area contributed by atoms with Crippen molar-refractivity contribution < 1.29 is 9.47 Å². The van der Waals surface area contributed by atoms with Gasteiger partial charge in [0.25, 0.3) is 0 Å². The van der Waals surface area contributed by atoms with Gasteiger partial charge in [-0.15, -0.1) is 11.3 Å². The summed E-state index contributed by atoms with van der Waals surface area (Å²) in [6, 6.07) is 8.36. The lowest BCUT2D eigenvalue weighted by atomic mass is 10.2. The van der Waals surface area contributed by atoms with Gasteiger partial charge in [-0.05, 0) is 49.5 Å². The molecule has 0 radical (unpaired) electrons. The molecule has 1 aliphatic rings. The second-order valence-corrected chi connectivity index (χ2v) is 6.40. The van der Waals surface area contributed by atoms with Crippen molar-refractivity contribution in [3.05, 3.63) is 29.6 Å². The maximum Gasteiger partial charge on any atom is 0.127 e. The molecule has 3 rings (SSSR count). The molecule has 0 unspecified atom stereocenters. The molecule has 0 spiro atoms. The number of benzene rings is 1. The van der Waals surface area contributed by atoms with Gasteiger partial charge in [-0.25, -0.2) is 0 Å². The molecule has 3 nitrogen and oxygen atoms in total. The van der Waals surface area contributed by atoms with E-state index >= 15 is 0 Å². The molecule has 2 heterocycles. The molecule has 1 aromatic carbocycles. The van der Waals surface area contributed by atoms with E-state index in [1.54, 1.807) is 11.3 Å². The molecule has 0 atom stereocenters. The highest BCUT2D eigenvalue weighted by molar-refractivity contribution is 7.17. The Balaban J connectivity index is 1.30. The number of rotatable bonds is 8. The van der Waals surface area contributed by atoms with Gasteiger partial charge >= 0.3 is 0 Å². The summed E-state index contributed by atoms with van der Waals surface area (Å²) in [4.78, 5) is 2.48. The van der Waals surface area contributed by atoms with Crippen molar-refractivity contribution in [2.24, 2.45) is 0 Å². The zero-order valence-electron chi connectivity index (χ0n) is 12.4. The van der Waals surface area contributed by atoms with Crippen molar-refractivity contribution in [2.75, 3.05) is 39.5 Å². The highest BCUT2D eigenvalue weighted by Crippen LogP contribution is 2.29. The summed E-state index contributed by atoms with van der Waals surface area (Å²) < 4.78 is 12.8. The number of hydrogen-bond acceptors (Lipinski definition) is 4. The molecule has 0 saturated carbocycles. The molecule has 1 aromatic heterocycles. The van der Waals surface area contributed by atoms with Gasteiger partial charge < -0.3 is 14.4 Å². The number of fused-ring (bicyclic) bond motifs is 1. The lowest BCUT2D eigenvalue weighted by molar-refractivity contribution is 0.100. The number of nitrogens with zero attached hydrogens (tertiary/aromatic N) is 1. The molecule has 1 fully saturated rings. The first-order valence-electron chi connectivity index (χ1n) is 7.82. The molecular weight excluding hydrogens is 282 g/mol. The fourth-order valence-corrected chi connectivity index (χ4v) is 3.54. The van der Waals surface area contributed by atoms with Gasteiger partial charge in [0.05, 0.1) is 13.2 Å². The van der Waals surface area contributed by atoms with Crippen molar-refractivity contribution in [2.45, 2.75) is 19.3 Å². The zero-order chi connectivity index (χ0) is 14.3. The number of hydrogen-bond donors (Lipinski definition) is 0. The fourth-order valence-electron chi connectivity index (χ4n) is 2.74. The first-order chi connectivity index (χ1) is 10.4. The topological polar surface area (TPSA) is 21.7 Å². The van der Waals surface area contributed by atoms with Crippen molar-refractivity contribution >= 4 is 21.4 Å². The number of thiophene rings is 1. The van der Waals surface area contributed by atoms with E-state index in [2.05, 4.69) is 28.5 Å². The third-order valence-corrected chi connectivity index (χ3v) is 4.78. The smallest absolute Gasteiger partial charge is 0.127 e. The third-order valence-electron chi connectivity index (χ3n) is 3.90. The van der Waals surface area contributed by atoms with Gasteiger partial charge in [-0.2, -0.15) is 0 Å². The Morgan fingerprint density at radius 1 is 1.05 bits per heavy atom. The van der Waals surface area contributed by atoms with E-state index in [1.165, 1.54) is 36.0 Å². The molecule has 2 aromatic rings. The molecule has 114 valence electrons. The predicted octanol–water partition coefficient (Wildman–Crippen LogP) is 3.78. The Bertz CT molecular complexity index is 548. The van der Waals surface area contributed by atoms with Gasteiger partial charge in [-0.3, -0.25) is 0 Å². The normalized spacial score (nSPS) is 15.8. The number of ether oxygens (including phenoxy) is 2. The van der Waals surface area contributed by atoms with Crippen LogP contribution in [0.3, 0.4) is 0 Å². The molecule has 0 amide bonds. The van der Waals surface area contributed by atoms with Crippen LogP contribution in [0.25, 0.3) is 10.1 Å². The number of likely N-dealkylation sites (tertiary alicyclic amines) is 1. The van der Waals surface area contributed by atoms with E-state index < -0.39 is 0 Å². The van der Waals surface area contributed by atoms with Crippen LogP contribution in [0.4, 0.5) is 0 Å². The lowest BCUT2D eigenvalue weighted by Crippen LogP contribution is -2.24. The lowest BCUT2D eigenvalue weighted by Gasteiger charge is -2.14. The molecule has 4 heteroatoms. The van der Waals surface area contributed by atoms with E-state index in [-0.39, 0.29) is 0 Å². The first kappa shape index (κ1) is 14.8. The van der Waals surface area contributed by atoms with E-state index in [0.29, 0.717) is 0 Å². The molecule has 0 N–H and O–H groups in total. The predicted molar refractivity (Wildman–Crippen MR) is 88.4 cm³/mol. The van der Waals surface area contributed by atoms with E-state index in [9.17, 15) is 0 Å². The first-order valence-corrected chi connectivity index (χ1v) is 8.70. The molecule has 21 heavy (non-hydrogen) atoms. The average molecular weight is 305 g/mol. The minimum absolute atomic E-state index is 0.721. The second kappa shape index (κ2) is 7.78. The quantitative estimate of drug-likeness (QED) is 0.693. The summed E-state index contributed by atoms with van der Waals surface area (Å²) in [5.74, 6) is 0.991. The maximum absolute atomic E-state index is 5.87. The SMILES string of the molecule is c1cc(OCCCOCCN2CCCC2)c2ccsc2c1. The van der Waals surface area contributed by atoms with Crippen molar-refractivity contribution in [1.82, 2.24) is 4.90 Å². The Labute approximate surface area is 130 Å². The Hall–Kier alpha value is -1.10. The monoisotopic (exact) mass is 305 g/mol. The average Bonchev–Trinajstić information content (AvgIpc) is 3.17. The molecule has 1 aliphatic heterocycles. The van der Waals surface area contributed by atoms with Crippen LogP contribution in [-0.2, 0) is 4.74 Å². The van der Waals surface area contributed by atoms with Crippen LogP contribution in [0.1, 0.15) is 19.3 Å². The van der Waals surface area contributed by atoms with Crippen molar-refractivity contribution in [3.8, 4) is 5.75 Å². The molecule has 0 bridgehead atoms. The Morgan fingerprint density at radius 2 is 1.95 bits per heavy atom. The van der Waals surface area contributed by atoms with Gasteiger partial charge in [0.15, 0.2) is 0 Å². The zero-order valence-corrected chi connectivity index (χ0v) is 13.2. The van der Waals surface area contributed by atoms with Gasteiger partial charge in [-0.1, -0.05) is 6.07 Å². The van der Waals surface area contributed by atoms with Crippen LogP contribution in [0, 0.1) is 0 Å². The molecule has 0 aliphatic carbocycles. The Morgan fingerprint density at radius 3 is 2.86 bits per heavy atom. The summed E-state index contributed by atoms with van der Waals surface area (Å²) in [6.45, 7) is 5.93. The standard InChI is InChI=1S/C17H23NO2S/c1-2-9-18(8-1)10-13-19-11-4-12-20-16-5-3-6-17-15(16)7-14-21-17/h3,5-7,14H,1-2,4,8-13H2. The van der Waals surface area contributed by atoms with Crippen molar-refractivity contribution in [3.63, 3.8) is 0 Å². The highest BCUT2D eigenvalue weighted by atomic mass is 32.1. The van der Waals surface area contributed by atoms with Crippen LogP contribution in [0.5, 0.6) is 5.75 Å². The van der Waals surface area contributed by atoms with Gasteiger partial charge in [0.1, 0.15) is 5.75 Å². The summed E-state index contributed by atoms with van der Waals surface area (Å²) in [5, 5.41) is 3.33. The van der Waals surface area contributed by atoms with E-state index in [0.717, 1.165) is 38.5 Å². The minimum Gasteiger partial charge on any atom is -0.493 e. The Kier molecular flexibility index (Phi) is 5.49. The van der Waals surface area contributed by atoms with E-state index in [1.807, 2.05) is 6.07 Å². The molecule has 1 saturated heterocycles. The fraction of sp³-hybridized carbons (Fsp3) is 0.529. The second-order valence-electron chi connectivity index (χ2n) is 5.45. The largest absolute Gasteiger partial charge is 0.493 e. The van der Waals surface area contributed by atoms with Gasteiger partial charge in [0.2, 0.25) is 0 Å². The summed E-state index contributed by atoms with van der Waals surface area (Å²) in [6.07, 6.45) is 3.64. The summed E-state index contributed by atoms with van der Waals surface area (Å²) in [7, 11) is 0. The summed E-state index contributed by atoms with van der Waals surface area (Å²) in [5.41, 5.74) is 0. The van der Waals surface area contributed by atoms with Gasteiger partial charge in [0, 0.05) is 29.7 Å². The highest BCUT2D eigenvalue weighted by Gasteiger charge is 2.10. The third kappa shape index (κ3) is 4.19. The minimum atomic E-state index is 0.721. The van der Waals surface area contributed by atoms with Crippen LogP contribution in [0.15, 0.2) is 29.6 Å². The summed E-state index contributed by atoms with van der Waals surface area (Å²) >= 11 is 1.75. The molecular formula is C17H23NO2S. The van der Waals surface area contributed by atoms with Crippen LogP contribution in [-0.4, -0.2) is 44.4 Å². The van der Waals surface area contributed by atoms with Crippen LogP contribution in [0.2, 0.25) is 0 Å². The van der Waals surface area contributed by atoms with E-state index in [4.69, 9.17) is 9.47 Å². The van der Waals surface area contributed by atoms with Crippen LogP contribution < -0.4 is 4.74 Å². The van der Waals surface area contributed by atoms with Crippen molar-refractivity contribution in [1.29, 1.82) is 0 Å².